The molecule has 0 aliphatic heterocycles. The molecular formula is C20H30N2O3. The standard InChI is InChI=1S/C20H30N2O3/c1-13(2)10-19(24)22-17-9-8-16(11-14(17)3)20(25)21-12-18(23)15-6-4-5-7-15/h8-9,11,13,15,18,23H,4-7,10,12H2,1-3H3,(H,21,25)(H,22,24). The van der Waals surface area contributed by atoms with Gasteiger partial charge < -0.3 is 15.7 Å². The van der Waals surface area contributed by atoms with Crippen molar-refractivity contribution in [3.8, 4) is 0 Å². The van der Waals surface area contributed by atoms with Crippen LogP contribution in [0.3, 0.4) is 0 Å². The zero-order chi connectivity index (χ0) is 18.4. The molecule has 1 saturated carbocycles. The lowest BCUT2D eigenvalue weighted by Crippen LogP contribution is -2.35. The quantitative estimate of drug-likeness (QED) is 0.709. The highest BCUT2D eigenvalue weighted by Crippen LogP contribution is 2.27. The molecular weight excluding hydrogens is 316 g/mol. The van der Waals surface area contributed by atoms with Crippen molar-refractivity contribution in [3.05, 3.63) is 29.3 Å². The maximum atomic E-state index is 12.3. The van der Waals surface area contributed by atoms with E-state index in [1.54, 1.807) is 18.2 Å². The summed E-state index contributed by atoms with van der Waals surface area (Å²) < 4.78 is 0. The van der Waals surface area contributed by atoms with Gasteiger partial charge in [-0.3, -0.25) is 9.59 Å². The lowest BCUT2D eigenvalue weighted by Gasteiger charge is -2.18. The van der Waals surface area contributed by atoms with Crippen LogP contribution in [-0.2, 0) is 4.79 Å². The zero-order valence-electron chi connectivity index (χ0n) is 15.5. The third kappa shape index (κ3) is 5.85. The summed E-state index contributed by atoms with van der Waals surface area (Å²) >= 11 is 0. The van der Waals surface area contributed by atoms with Crippen molar-refractivity contribution >= 4 is 17.5 Å². The number of aryl methyl sites for hydroxylation is 1. The van der Waals surface area contributed by atoms with Crippen LogP contribution >= 0.6 is 0 Å². The number of nitrogens with one attached hydrogen (secondary N) is 2. The van der Waals surface area contributed by atoms with Gasteiger partial charge in [-0.15, -0.1) is 0 Å². The first-order valence-electron chi connectivity index (χ1n) is 9.23. The number of rotatable bonds is 7. The highest BCUT2D eigenvalue weighted by Gasteiger charge is 2.23. The van der Waals surface area contributed by atoms with Crippen molar-refractivity contribution in [2.45, 2.75) is 59.0 Å². The number of carbonyl (C=O) groups is 2. The molecule has 0 heterocycles. The fourth-order valence-electron chi connectivity index (χ4n) is 3.33. The largest absolute Gasteiger partial charge is 0.391 e. The summed E-state index contributed by atoms with van der Waals surface area (Å²) in [6, 6.07) is 5.23. The van der Waals surface area contributed by atoms with Crippen LogP contribution in [0.1, 0.15) is 61.9 Å². The number of aliphatic hydroxyl groups excluding tert-OH is 1. The van der Waals surface area contributed by atoms with E-state index in [4.69, 9.17) is 0 Å². The summed E-state index contributed by atoms with van der Waals surface area (Å²) in [4.78, 5) is 24.2. The number of hydrogen-bond acceptors (Lipinski definition) is 3. The maximum Gasteiger partial charge on any atom is 0.251 e. The minimum atomic E-state index is -0.470. The van der Waals surface area contributed by atoms with Gasteiger partial charge in [0.2, 0.25) is 5.91 Å². The highest BCUT2D eigenvalue weighted by molar-refractivity contribution is 5.96. The molecule has 1 aromatic rings. The summed E-state index contributed by atoms with van der Waals surface area (Å²) in [6.07, 6.45) is 4.42. The van der Waals surface area contributed by atoms with Crippen molar-refractivity contribution < 1.29 is 14.7 Å². The van der Waals surface area contributed by atoms with Gasteiger partial charge >= 0.3 is 0 Å². The van der Waals surface area contributed by atoms with Crippen LogP contribution in [-0.4, -0.2) is 29.6 Å². The first-order valence-corrected chi connectivity index (χ1v) is 9.23. The van der Waals surface area contributed by atoms with E-state index in [1.165, 1.54) is 12.8 Å². The summed E-state index contributed by atoms with van der Waals surface area (Å²) in [5.41, 5.74) is 2.12. The Morgan fingerprint density at radius 2 is 1.92 bits per heavy atom. The summed E-state index contributed by atoms with van der Waals surface area (Å²) in [5.74, 6) is 0.396. The Morgan fingerprint density at radius 3 is 2.52 bits per heavy atom. The van der Waals surface area contributed by atoms with Gasteiger partial charge in [0.05, 0.1) is 6.10 Å². The van der Waals surface area contributed by atoms with Crippen LogP contribution in [0.2, 0.25) is 0 Å². The van der Waals surface area contributed by atoms with Crippen molar-refractivity contribution in [1.29, 1.82) is 0 Å². The van der Waals surface area contributed by atoms with Crippen LogP contribution in [0.5, 0.6) is 0 Å². The number of carbonyl (C=O) groups excluding carboxylic acids is 2. The first-order chi connectivity index (χ1) is 11.9. The summed E-state index contributed by atoms with van der Waals surface area (Å²) in [5, 5.41) is 15.8. The number of anilines is 1. The van der Waals surface area contributed by atoms with E-state index in [9.17, 15) is 14.7 Å². The Morgan fingerprint density at radius 1 is 1.24 bits per heavy atom. The second-order valence-electron chi connectivity index (χ2n) is 7.50. The normalized spacial score (nSPS) is 16.0. The van der Waals surface area contributed by atoms with Crippen LogP contribution in [0.25, 0.3) is 0 Å². The van der Waals surface area contributed by atoms with Crippen LogP contribution in [0, 0.1) is 18.8 Å². The topological polar surface area (TPSA) is 78.4 Å². The van der Waals surface area contributed by atoms with Crippen molar-refractivity contribution in [2.75, 3.05) is 11.9 Å². The van der Waals surface area contributed by atoms with E-state index in [0.717, 1.165) is 24.1 Å². The number of amides is 2. The van der Waals surface area contributed by atoms with Gasteiger partial charge in [-0.1, -0.05) is 26.7 Å². The highest BCUT2D eigenvalue weighted by atomic mass is 16.3. The van der Waals surface area contributed by atoms with E-state index >= 15 is 0 Å². The molecule has 1 aromatic carbocycles. The van der Waals surface area contributed by atoms with Gasteiger partial charge in [-0.05, 0) is 55.4 Å². The Balaban J connectivity index is 1.90. The Kier molecular flexibility index (Phi) is 7.00. The molecule has 2 rings (SSSR count). The summed E-state index contributed by atoms with van der Waals surface area (Å²) in [6.45, 7) is 6.16. The average Bonchev–Trinajstić information content (AvgIpc) is 3.08. The van der Waals surface area contributed by atoms with Gasteiger partial charge in [0.1, 0.15) is 0 Å². The van der Waals surface area contributed by atoms with Crippen molar-refractivity contribution in [1.82, 2.24) is 5.32 Å². The van der Waals surface area contributed by atoms with Gasteiger partial charge in [-0.25, -0.2) is 0 Å². The van der Waals surface area contributed by atoms with E-state index in [1.807, 2.05) is 20.8 Å². The minimum absolute atomic E-state index is 0.0185. The minimum Gasteiger partial charge on any atom is -0.391 e. The molecule has 138 valence electrons. The predicted molar refractivity (Wildman–Crippen MR) is 99.6 cm³/mol. The smallest absolute Gasteiger partial charge is 0.251 e. The fraction of sp³-hybridized carbons (Fsp3) is 0.600. The molecule has 5 heteroatoms. The summed E-state index contributed by atoms with van der Waals surface area (Å²) in [7, 11) is 0. The van der Waals surface area contributed by atoms with E-state index in [2.05, 4.69) is 10.6 Å². The van der Waals surface area contributed by atoms with Crippen LogP contribution < -0.4 is 10.6 Å². The number of benzene rings is 1. The van der Waals surface area contributed by atoms with Gasteiger partial charge in [-0.2, -0.15) is 0 Å². The van der Waals surface area contributed by atoms with E-state index in [-0.39, 0.29) is 18.4 Å². The molecule has 3 N–H and O–H groups in total. The fourth-order valence-corrected chi connectivity index (χ4v) is 3.33. The Hall–Kier alpha value is -1.88. The number of hydrogen-bond donors (Lipinski definition) is 3. The second-order valence-corrected chi connectivity index (χ2v) is 7.50. The number of aliphatic hydroxyl groups is 1. The molecule has 1 fully saturated rings. The van der Waals surface area contributed by atoms with Gasteiger partial charge in [0.25, 0.3) is 5.91 Å². The van der Waals surface area contributed by atoms with Crippen molar-refractivity contribution in [3.63, 3.8) is 0 Å². The Bertz CT molecular complexity index is 607. The zero-order valence-corrected chi connectivity index (χ0v) is 15.5. The molecule has 1 aliphatic rings. The third-order valence-electron chi connectivity index (χ3n) is 4.77. The average molecular weight is 346 g/mol. The lowest BCUT2D eigenvalue weighted by molar-refractivity contribution is -0.116. The molecule has 25 heavy (non-hydrogen) atoms. The van der Waals surface area contributed by atoms with Crippen LogP contribution in [0.15, 0.2) is 18.2 Å². The SMILES string of the molecule is Cc1cc(C(=O)NCC(O)C2CCCC2)ccc1NC(=O)CC(C)C. The maximum absolute atomic E-state index is 12.3. The first kappa shape index (κ1) is 19.4. The molecule has 0 radical (unpaired) electrons. The molecule has 1 aliphatic carbocycles. The third-order valence-corrected chi connectivity index (χ3v) is 4.77. The second kappa shape index (κ2) is 8.99. The van der Waals surface area contributed by atoms with E-state index < -0.39 is 6.10 Å². The van der Waals surface area contributed by atoms with E-state index in [0.29, 0.717) is 23.8 Å². The van der Waals surface area contributed by atoms with Crippen LogP contribution in [0.4, 0.5) is 5.69 Å². The molecule has 1 atom stereocenters. The molecule has 1 unspecified atom stereocenters. The predicted octanol–water partition coefficient (Wildman–Crippen LogP) is 3.26. The van der Waals surface area contributed by atoms with Gasteiger partial charge in [0.15, 0.2) is 0 Å². The lowest BCUT2D eigenvalue weighted by atomic mass is 10.0. The molecule has 0 spiro atoms. The molecule has 0 bridgehead atoms. The van der Waals surface area contributed by atoms with Crippen molar-refractivity contribution in [2.24, 2.45) is 11.8 Å². The van der Waals surface area contributed by atoms with Gasteiger partial charge in [0, 0.05) is 24.2 Å². The Labute approximate surface area is 150 Å². The molecule has 0 saturated heterocycles. The monoisotopic (exact) mass is 346 g/mol. The molecule has 2 amide bonds. The molecule has 0 aromatic heterocycles. The molecule has 5 nitrogen and oxygen atoms in total.